The molecule has 0 amide bonds. The van der Waals surface area contributed by atoms with Gasteiger partial charge in [0.1, 0.15) is 0 Å². The second-order valence-electron chi connectivity index (χ2n) is 7.25. The van der Waals surface area contributed by atoms with Gasteiger partial charge in [0, 0.05) is 32.2 Å². The van der Waals surface area contributed by atoms with Crippen LogP contribution in [0.2, 0.25) is 0 Å². The number of rotatable bonds is 2. The van der Waals surface area contributed by atoms with E-state index in [4.69, 9.17) is 0 Å². The molecule has 1 atom stereocenters. The summed E-state index contributed by atoms with van der Waals surface area (Å²) in [5.41, 5.74) is 0.439. The Balaban J connectivity index is 1.83. The van der Waals surface area contributed by atoms with Gasteiger partial charge in [-0.1, -0.05) is 40.0 Å². The van der Waals surface area contributed by atoms with Crippen LogP contribution in [0.15, 0.2) is 0 Å². The van der Waals surface area contributed by atoms with E-state index in [1.54, 1.807) is 0 Å². The molecule has 0 spiro atoms. The van der Waals surface area contributed by atoms with Crippen LogP contribution in [0.5, 0.6) is 0 Å². The van der Waals surface area contributed by atoms with Gasteiger partial charge in [-0.3, -0.25) is 4.90 Å². The lowest BCUT2D eigenvalue weighted by Crippen LogP contribution is -2.55. The molecule has 0 bridgehead atoms. The molecule has 0 aromatic rings. The minimum Gasteiger partial charge on any atom is -0.311 e. The zero-order valence-corrected chi connectivity index (χ0v) is 12.0. The van der Waals surface area contributed by atoms with Gasteiger partial charge in [0.2, 0.25) is 0 Å². The van der Waals surface area contributed by atoms with Gasteiger partial charge in [0.05, 0.1) is 0 Å². The second kappa shape index (κ2) is 5.71. The lowest BCUT2D eigenvalue weighted by atomic mass is 9.83. The van der Waals surface area contributed by atoms with Gasteiger partial charge in [-0.05, 0) is 24.2 Å². The SMILES string of the molecule is CC(C)(C)CN1CCNC(C2CCCCC2)C1. The highest BCUT2D eigenvalue weighted by Crippen LogP contribution is 2.28. The van der Waals surface area contributed by atoms with Crippen molar-refractivity contribution in [1.82, 2.24) is 10.2 Å². The smallest absolute Gasteiger partial charge is 0.0223 e. The monoisotopic (exact) mass is 238 g/mol. The average molecular weight is 238 g/mol. The van der Waals surface area contributed by atoms with E-state index < -0.39 is 0 Å². The Morgan fingerprint density at radius 1 is 1.12 bits per heavy atom. The van der Waals surface area contributed by atoms with E-state index >= 15 is 0 Å². The van der Waals surface area contributed by atoms with Crippen LogP contribution in [0.25, 0.3) is 0 Å². The second-order valence-corrected chi connectivity index (χ2v) is 7.25. The van der Waals surface area contributed by atoms with Crippen molar-refractivity contribution in [2.24, 2.45) is 11.3 Å². The summed E-state index contributed by atoms with van der Waals surface area (Å²) in [6, 6.07) is 0.770. The summed E-state index contributed by atoms with van der Waals surface area (Å²) < 4.78 is 0. The third-order valence-electron chi connectivity index (χ3n) is 4.21. The van der Waals surface area contributed by atoms with E-state index in [2.05, 4.69) is 31.0 Å². The lowest BCUT2D eigenvalue weighted by molar-refractivity contribution is 0.114. The molecule has 2 rings (SSSR count). The van der Waals surface area contributed by atoms with Crippen molar-refractivity contribution in [3.8, 4) is 0 Å². The number of hydrogen-bond donors (Lipinski definition) is 1. The van der Waals surface area contributed by atoms with Crippen molar-refractivity contribution in [1.29, 1.82) is 0 Å². The van der Waals surface area contributed by atoms with Crippen molar-refractivity contribution >= 4 is 0 Å². The van der Waals surface area contributed by atoms with Crippen molar-refractivity contribution in [3.63, 3.8) is 0 Å². The molecule has 1 heterocycles. The van der Waals surface area contributed by atoms with Gasteiger partial charge in [-0.2, -0.15) is 0 Å². The van der Waals surface area contributed by atoms with Crippen molar-refractivity contribution in [3.05, 3.63) is 0 Å². The summed E-state index contributed by atoms with van der Waals surface area (Å²) in [7, 11) is 0. The van der Waals surface area contributed by atoms with Crippen LogP contribution in [-0.4, -0.2) is 37.1 Å². The van der Waals surface area contributed by atoms with Gasteiger partial charge in [0.25, 0.3) is 0 Å². The molecule has 2 aliphatic rings. The predicted octanol–water partition coefficient (Wildman–Crippen LogP) is 2.89. The summed E-state index contributed by atoms with van der Waals surface area (Å²) >= 11 is 0. The Morgan fingerprint density at radius 2 is 1.82 bits per heavy atom. The fraction of sp³-hybridized carbons (Fsp3) is 1.00. The third-order valence-corrected chi connectivity index (χ3v) is 4.21. The first-order valence-electron chi connectivity index (χ1n) is 7.50. The van der Waals surface area contributed by atoms with Gasteiger partial charge < -0.3 is 5.32 Å². The highest BCUT2D eigenvalue weighted by molar-refractivity contribution is 4.87. The Labute approximate surface area is 107 Å². The van der Waals surface area contributed by atoms with Gasteiger partial charge in [0.15, 0.2) is 0 Å². The molecule has 2 heteroatoms. The highest BCUT2D eigenvalue weighted by atomic mass is 15.2. The Hall–Kier alpha value is -0.0800. The summed E-state index contributed by atoms with van der Waals surface area (Å²) in [5, 5.41) is 3.76. The van der Waals surface area contributed by atoms with E-state index in [1.807, 2.05) is 0 Å². The van der Waals surface area contributed by atoms with Gasteiger partial charge in [-0.25, -0.2) is 0 Å². The molecule has 1 saturated carbocycles. The van der Waals surface area contributed by atoms with Crippen LogP contribution in [0.1, 0.15) is 52.9 Å². The molecule has 1 N–H and O–H groups in total. The van der Waals surface area contributed by atoms with E-state index in [-0.39, 0.29) is 0 Å². The van der Waals surface area contributed by atoms with Crippen molar-refractivity contribution in [2.75, 3.05) is 26.2 Å². The number of nitrogens with zero attached hydrogens (tertiary/aromatic N) is 1. The fourth-order valence-electron chi connectivity index (χ4n) is 3.51. The molecule has 1 saturated heterocycles. The highest BCUT2D eigenvalue weighted by Gasteiger charge is 2.29. The zero-order valence-electron chi connectivity index (χ0n) is 12.0. The lowest BCUT2D eigenvalue weighted by Gasteiger charge is -2.41. The van der Waals surface area contributed by atoms with Gasteiger partial charge in [-0.15, -0.1) is 0 Å². The largest absolute Gasteiger partial charge is 0.311 e. The minimum absolute atomic E-state index is 0.439. The first-order chi connectivity index (χ1) is 8.04. The molecule has 1 unspecified atom stereocenters. The van der Waals surface area contributed by atoms with E-state index in [9.17, 15) is 0 Å². The molecule has 1 aliphatic heterocycles. The maximum absolute atomic E-state index is 3.76. The first kappa shape index (κ1) is 13.4. The molecule has 2 nitrogen and oxygen atoms in total. The number of hydrogen-bond acceptors (Lipinski definition) is 2. The Morgan fingerprint density at radius 3 is 2.47 bits per heavy atom. The molecule has 1 aliphatic carbocycles. The van der Waals surface area contributed by atoms with Crippen LogP contribution in [0.3, 0.4) is 0 Å². The normalized spacial score (nSPS) is 29.5. The van der Waals surface area contributed by atoms with E-state index in [1.165, 1.54) is 58.3 Å². The molecular weight excluding hydrogens is 208 g/mol. The maximum Gasteiger partial charge on any atom is 0.0223 e. The maximum atomic E-state index is 3.76. The van der Waals surface area contributed by atoms with Crippen LogP contribution in [0, 0.1) is 11.3 Å². The summed E-state index contributed by atoms with van der Waals surface area (Å²) in [6.45, 7) is 12.0. The third kappa shape index (κ3) is 4.26. The molecule has 2 fully saturated rings. The quantitative estimate of drug-likeness (QED) is 0.796. The summed E-state index contributed by atoms with van der Waals surface area (Å²) in [5.74, 6) is 0.950. The number of piperazine rings is 1. The Kier molecular flexibility index (Phi) is 4.48. The molecule has 17 heavy (non-hydrogen) atoms. The molecule has 0 aromatic heterocycles. The summed E-state index contributed by atoms with van der Waals surface area (Å²) in [6.07, 6.45) is 7.31. The van der Waals surface area contributed by atoms with Crippen LogP contribution < -0.4 is 5.32 Å². The predicted molar refractivity (Wildman–Crippen MR) is 74.3 cm³/mol. The Bertz CT molecular complexity index is 226. The van der Waals surface area contributed by atoms with Crippen LogP contribution in [-0.2, 0) is 0 Å². The van der Waals surface area contributed by atoms with Crippen LogP contribution >= 0.6 is 0 Å². The standard InChI is InChI=1S/C15H30N2/c1-15(2,3)12-17-10-9-16-14(11-17)13-7-5-4-6-8-13/h13-14,16H,4-12H2,1-3H3. The molecule has 0 radical (unpaired) electrons. The van der Waals surface area contributed by atoms with E-state index in [0.717, 1.165) is 12.0 Å². The zero-order chi connectivity index (χ0) is 12.3. The number of nitrogens with one attached hydrogen (secondary N) is 1. The van der Waals surface area contributed by atoms with E-state index in [0.29, 0.717) is 5.41 Å². The minimum atomic E-state index is 0.439. The topological polar surface area (TPSA) is 15.3 Å². The first-order valence-corrected chi connectivity index (χ1v) is 7.50. The molecule has 0 aromatic carbocycles. The van der Waals surface area contributed by atoms with Crippen molar-refractivity contribution in [2.45, 2.75) is 58.9 Å². The molecular formula is C15H30N2. The average Bonchev–Trinajstić information content (AvgIpc) is 2.28. The fourth-order valence-corrected chi connectivity index (χ4v) is 3.51. The molecule has 100 valence electrons. The summed E-state index contributed by atoms with van der Waals surface area (Å²) in [4.78, 5) is 2.68. The van der Waals surface area contributed by atoms with Gasteiger partial charge >= 0.3 is 0 Å². The van der Waals surface area contributed by atoms with Crippen LogP contribution in [0.4, 0.5) is 0 Å². The van der Waals surface area contributed by atoms with Crippen molar-refractivity contribution < 1.29 is 0 Å².